The lowest BCUT2D eigenvalue weighted by molar-refractivity contribution is -0.215. The number of ether oxygens (including phenoxy) is 3. The standard InChI is InChI=1S/C30H51NO4/c1-28-11-9-24(33-17-5-16-31-14-3-4-15-31)20-22(28)6-7-26-25(28)10-12-29(2)23(8-13-30(26,29)32)21-27-34-18-19-35-27/h22-27,32H,3-21H2,1-2H3/t22?,23?,24?,25-,26-,28+,29-,30-/m1/s1. The smallest absolute Gasteiger partial charge is 0.158 e. The van der Waals surface area contributed by atoms with Crippen molar-refractivity contribution in [2.75, 3.05) is 39.5 Å². The summed E-state index contributed by atoms with van der Waals surface area (Å²) in [5.74, 6) is 2.43. The molecule has 4 aliphatic carbocycles. The maximum atomic E-state index is 12.4. The second kappa shape index (κ2) is 9.84. The van der Waals surface area contributed by atoms with E-state index in [1.807, 2.05) is 0 Å². The molecule has 8 atom stereocenters. The molecule has 35 heavy (non-hydrogen) atoms. The van der Waals surface area contributed by atoms with Gasteiger partial charge in [0, 0.05) is 19.6 Å². The van der Waals surface area contributed by atoms with Gasteiger partial charge in [-0.05, 0) is 125 Å². The van der Waals surface area contributed by atoms with E-state index in [2.05, 4.69) is 18.7 Å². The van der Waals surface area contributed by atoms with Crippen LogP contribution in [0.1, 0.15) is 97.3 Å². The van der Waals surface area contributed by atoms with Crippen molar-refractivity contribution in [3.63, 3.8) is 0 Å². The molecular formula is C30H51NO4. The molecule has 0 aromatic carbocycles. The lowest BCUT2D eigenvalue weighted by atomic mass is 9.43. The number of rotatable bonds is 7. The van der Waals surface area contributed by atoms with Crippen LogP contribution in [0.3, 0.4) is 0 Å². The molecule has 0 amide bonds. The molecule has 6 fully saturated rings. The molecule has 4 saturated carbocycles. The maximum absolute atomic E-state index is 12.4. The van der Waals surface area contributed by atoms with Gasteiger partial charge in [-0.25, -0.2) is 0 Å². The van der Waals surface area contributed by atoms with Gasteiger partial charge in [-0.15, -0.1) is 0 Å². The van der Waals surface area contributed by atoms with E-state index in [0.717, 1.165) is 45.0 Å². The van der Waals surface area contributed by atoms with Gasteiger partial charge in [-0.1, -0.05) is 13.8 Å². The van der Waals surface area contributed by atoms with E-state index in [0.29, 0.717) is 29.3 Å². The van der Waals surface area contributed by atoms with Gasteiger partial charge in [-0.3, -0.25) is 0 Å². The molecule has 5 nitrogen and oxygen atoms in total. The van der Waals surface area contributed by atoms with E-state index in [1.165, 1.54) is 83.8 Å². The molecule has 0 bridgehead atoms. The molecular weight excluding hydrogens is 438 g/mol. The van der Waals surface area contributed by atoms with Crippen molar-refractivity contribution >= 4 is 0 Å². The predicted molar refractivity (Wildman–Crippen MR) is 137 cm³/mol. The fourth-order valence-electron chi connectivity index (χ4n) is 10.1. The average Bonchev–Trinajstić information content (AvgIpc) is 3.60. The Labute approximate surface area is 213 Å². The van der Waals surface area contributed by atoms with Gasteiger partial charge in [0.15, 0.2) is 6.29 Å². The van der Waals surface area contributed by atoms with Gasteiger partial charge in [-0.2, -0.15) is 0 Å². The second-order valence-electron chi connectivity index (χ2n) is 13.7. The molecule has 5 heteroatoms. The second-order valence-corrected chi connectivity index (χ2v) is 13.7. The van der Waals surface area contributed by atoms with Crippen molar-refractivity contribution in [3.05, 3.63) is 0 Å². The topological polar surface area (TPSA) is 51.2 Å². The van der Waals surface area contributed by atoms with Crippen molar-refractivity contribution in [1.29, 1.82) is 0 Å². The van der Waals surface area contributed by atoms with Gasteiger partial charge in [0.2, 0.25) is 0 Å². The lowest BCUT2D eigenvalue weighted by Gasteiger charge is -2.63. The summed E-state index contributed by atoms with van der Waals surface area (Å²) in [4.78, 5) is 2.60. The molecule has 6 aliphatic rings. The molecule has 6 rings (SSSR count). The number of hydrogen-bond donors (Lipinski definition) is 1. The minimum Gasteiger partial charge on any atom is -0.389 e. The summed E-state index contributed by atoms with van der Waals surface area (Å²) in [7, 11) is 0. The molecule has 0 radical (unpaired) electrons. The van der Waals surface area contributed by atoms with Crippen LogP contribution in [0.2, 0.25) is 0 Å². The summed E-state index contributed by atoms with van der Waals surface area (Å²) in [6.45, 7) is 11.2. The van der Waals surface area contributed by atoms with Gasteiger partial charge >= 0.3 is 0 Å². The number of likely N-dealkylation sites (tertiary alicyclic amines) is 1. The monoisotopic (exact) mass is 489 g/mol. The first kappa shape index (κ1) is 25.1. The molecule has 0 spiro atoms. The van der Waals surface area contributed by atoms with Gasteiger partial charge < -0.3 is 24.2 Å². The van der Waals surface area contributed by atoms with Crippen LogP contribution in [0.5, 0.6) is 0 Å². The van der Waals surface area contributed by atoms with Crippen LogP contribution in [0.25, 0.3) is 0 Å². The summed E-state index contributed by atoms with van der Waals surface area (Å²) in [6, 6.07) is 0. The summed E-state index contributed by atoms with van der Waals surface area (Å²) >= 11 is 0. The normalized spacial score (nSPS) is 48.6. The van der Waals surface area contributed by atoms with E-state index < -0.39 is 5.60 Å². The van der Waals surface area contributed by atoms with E-state index in [1.54, 1.807) is 0 Å². The Hall–Kier alpha value is -0.200. The minimum absolute atomic E-state index is 0.0162. The Balaban J connectivity index is 1.07. The third-order valence-electron chi connectivity index (χ3n) is 12.3. The lowest BCUT2D eigenvalue weighted by Crippen LogP contribution is -2.62. The fraction of sp³-hybridized carbons (Fsp3) is 1.00. The highest BCUT2D eigenvalue weighted by Crippen LogP contribution is 2.69. The van der Waals surface area contributed by atoms with Crippen LogP contribution in [0, 0.1) is 34.5 Å². The number of aliphatic hydroxyl groups is 1. The zero-order valence-corrected chi connectivity index (χ0v) is 22.5. The molecule has 2 aliphatic heterocycles. The third kappa shape index (κ3) is 4.33. The van der Waals surface area contributed by atoms with Crippen molar-refractivity contribution in [1.82, 2.24) is 4.90 Å². The Morgan fingerprint density at radius 3 is 2.51 bits per heavy atom. The van der Waals surface area contributed by atoms with Gasteiger partial charge in [0.05, 0.1) is 24.9 Å². The molecule has 0 aromatic rings. The highest BCUT2D eigenvalue weighted by atomic mass is 16.7. The molecule has 2 heterocycles. The molecule has 3 unspecified atom stereocenters. The summed E-state index contributed by atoms with van der Waals surface area (Å²) in [6.07, 6.45) is 16.1. The van der Waals surface area contributed by atoms with E-state index in [-0.39, 0.29) is 11.7 Å². The highest BCUT2D eigenvalue weighted by molar-refractivity contribution is 5.16. The Morgan fingerprint density at radius 1 is 0.914 bits per heavy atom. The van der Waals surface area contributed by atoms with Crippen molar-refractivity contribution in [3.8, 4) is 0 Å². The first-order valence-corrected chi connectivity index (χ1v) is 15.2. The van der Waals surface area contributed by atoms with Crippen LogP contribution in [-0.4, -0.2) is 67.5 Å². The highest BCUT2D eigenvalue weighted by Gasteiger charge is 2.67. The maximum Gasteiger partial charge on any atom is 0.158 e. The van der Waals surface area contributed by atoms with Crippen molar-refractivity contribution in [2.24, 2.45) is 34.5 Å². The molecule has 1 N–H and O–H groups in total. The van der Waals surface area contributed by atoms with Gasteiger partial charge in [0.25, 0.3) is 0 Å². The van der Waals surface area contributed by atoms with Crippen LogP contribution >= 0.6 is 0 Å². The number of nitrogens with zero attached hydrogens (tertiary/aromatic N) is 1. The summed E-state index contributed by atoms with van der Waals surface area (Å²) in [5, 5.41) is 12.4. The average molecular weight is 490 g/mol. The fourth-order valence-corrected chi connectivity index (χ4v) is 10.1. The largest absolute Gasteiger partial charge is 0.389 e. The van der Waals surface area contributed by atoms with Crippen molar-refractivity contribution in [2.45, 2.75) is 115 Å². The summed E-state index contributed by atoms with van der Waals surface area (Å²) in [5.41, 5.74) is -0.108. The zero-order valence-electron chi connectivity index (χ0n) is 22.5. The SMILES string of the molecule is C[C@]12CCC(OCCCN3CCCC3)CC1CC[C@@H]1[C@H]2CC[C@]2(C)C(CC3OCCO3)CC[C@@]12O. The Morgan fingerprint density at radius 2 is 1.71 bits per heavy atom. The van der Waals surface area contributed by atoms with Crippen molar-refractivity contribution < 1.29 is 19.3 Å². The molecule has 2 saturated heterocycles. The summed E-state index contributed by atoms with van der Waals surface area (Å²) < 4.78 is 18.1. The number of fused-ring (bicyclic) bond motifs is 5. The first-order chi connectivity index (χ1) is 16.9. The van der Waals surface area contributed by atoms with Gasteiger partial charge in [0.1, 0.15) is 0 Å². The van der Waals surface area contributed by atoms with Crippen LogP contribution in [-0.2, 0) is 14.2 Å². The zero-order chi connectivity index (χ0) is 24.1. The van der Waals surface area contributed by atoms with Crippen LogP contribution in [0.15, 0.2) is 0 Å². The molecule has 0 aromatic heterocycles. The Kier molecular flexibility index (Phi) is 7.05. The molecule has 200 valence electrons. The van der Waals surface area contributed by atoms with E-state index >= 15 is 0 Å². The van der Waals surface area contributed by atoms with Crippen LogP contribution < -0.4 is 0 Å². The first-order valence-electron chi connectivity index (χ1n) is 15.2. The van der Waals surface area contributed by atoms with E-state index in [9.17, 15) is 5.11 Å². The quantitative estimate of drug-likeness (QED) is 0.486. The van der Waals surface area contributed by atoms with Crippen LogP contribution in [0.4, 0.5) is 0 Å². The predicted octanol–water partition coefficient (Wildman–Crippen LogP) is 5.39. The minimum atomic E-state index is -0.504. The third-order valence-corrected chi connectivity index (χ3v) is 12.3. The Bertz CT molecular complexity index is 736. The number of hydrogen-bond acceptors (Lipinski definition) is 5. The van der Waals surface area contributed by atoms with E-state index in [4.69, 9.17) is 14.2 Å².